The predicted molar refractivity (Wildman–Crippen MR) is 185 cm³/mol. The predicted octanol–water partition coefficient (Wildman–Crippen LogP) is 6.41. The minimum absolute atomic E-state index is 0.0307. The molecule has 1 aliphatic heterocycles. The summed E-state index contributed by atoms with van der Waals surface area (Å²) in [4.78, 5) is 22.7. The van der Waals surface area contributed by atoms with Crippen LogP contribution < -0.4 is 15.6 Å². The van der Waals surface area contributed by atoms with Gasteiger partial charge in [0, 0.05) is 36.0 Å². The van der Waals surface area contributed by atoms with Crippen LogP contribution in [0.15, 0.2) is 119 Å². The number of carbonyl (C=O) groups excluding carboxylic acids is 1. The van der Waals surface area contributed by atoms with Gasteiger partial charge in [0.25, 0.3) is 5.91 Å². The van der Waals surface area contributed by atoms with Crippen LogP contribution in [0.25, 0.3) is 16.5 Å². The van der Waals surface area contributed by atoms with Crippen LogP contribution in [0.3, 0.4) is 0 Å². The molecule has 1 heterocycles. The largest absolute Gasteiger partial charge is 0.494 e. The Kier molecular flexibility index (Phi) is 10.5. The summed E-state index contributed by atoms with van der Waals surface area (Å²) in [5.74, 6) is 0.634. The molecule has 0 saturated carbocycles. The second kappa shape index (κ2) is 15.5. The van der Waals surface area contributed by atoms with Gasteiger partial charge in [-0.05, 0) is 70.5 Å². The molecule has 0 aromatic heterocycles. The van der Waals surface area contributed by atoms with E-state index in [0.29, 0.717) is 35.8 Å². The number of aliphatic hydroxyl groups excluding tert-OH is 1. The molecule has 0 saturated heterocycles. The summed E-state index contributed by atoms with van der Waals surface area (Å²) in [5.41, 5.74) is 19.7. The van der Waals surface area contributed by atoms with Gasteiger partial charge in [-0.1, -0.05) is 96.1 Å². The number of rotatable bonds is 14. The van der Waals surface area contributed by atoms with Crippen LogP contribution in [-0.2, 0) is 28.9 Å². The summed E-state index contributed by atoms with van der Waals surface area (Å²) in [7, 11) is 0. The van der Waals surface area contributed by atoms with Gasteiger partial charge >= 0.3 is 0 Å². The van der Waals surface area contributed by atoms with E-state index in [4.69, 9.17) is 25.1 Å². The van der Waals surface area contributed by atoms with Gasteiger partial charge in [0.15, 0.2) is 11.6 Å². The Morgan fingerprint density at radius 1 is 1.00 bits per heavy atom. The number of carbonyl (C=O) groups is 1. The number of benzene rings is 4. The van der Waals surface area contributed by atoms with Gasteiger partial charge in [-0.15, -0.1) is 0 Å². The Balaban J connectivity index is 1.37. The first-order chi connectivity index (χ1) is 23.6. The zero-order valence-electron chi connectivity index (χ0n) is 26.5. The molecule has 4 aromatic carbocycles. The topological polar surface area (TPSA) is 141 Å². The second-order valence-corrected chi connectivity index (χ2v) is 11.9. The Morgan fingerprint density at radius 2 is 1.71 bits per heavy atom. The smallest absolute Gasteiger partial charge is 0.266 e. The van der Waals surface area contributed by atoms with Crippen molar-refractivity contribution in [1.82, 2.24) is 10.9 Å². The summed E-state index contributed by atoms with van der Waals surface area (Å²) in [5, 5.41) is 12.9. The Labute approximate surface area is 279 Å². The van der Waals surface area contributed by atoms with E-state index in [9.17, 15) is 4.79 Å². The van der Waals surface area contributed by atoms with E-state index in [-0.39, 0.29) is 31.5 Å². The summed E-state index contributed by atoms with van der Waals surface area (Å²) in [6, 6.07) is 33.1. The van der Waals surface area contributed by atoms with Crippen molar-refractivity contribution in [2.45, 2.75) is 49.9 Å². The summed E-state index contributed by atoms with van der Waals surface area (Å²) >= 11 is 0. The SMILES string of the molecule is [N-]=[N+]=NCc1ccccc1[C@@H]1OC(c2ccc(OCCCO)cc2)=N[C@]1(C/C=C/c1ccccc1)C(=O)NNC1Cc2ccccc2C1. The molecule has 2 atom stereocenters. The lowest BCUT2D eigenvalue weighted by Gasteiger charge is -2.31. The molecule has 10 nitrogen and oxygen atoms in total. The number of fused-ring (bicyclic) bond motifs is 1. The van der Waals surface area contributed by atoms with Gasteiger partial charge in [-0.25, -0.2) is 10.4 Å². The highest BCUT2D eigenvalue weighted by Crippen LogP contribution is 2.44. The molecule has 6 rings (SSSR count). The lowest BCUT2D eigenvalue weighted by atomic mass is 9.82. The Bertz CT molecular complexity index is 1800. The number of hydrogen-bond acceptors (Lipinski definition) is 7. The van der Waals surface area contributed by atoms with Crippen molar-refractivity contribution in [1.29, 1.82) is 0 Å². The van der Waals surface area contributed by atoms with Crippen LogP contribution in [0.1, 0.15) is 52.3 Å². The maximum absolute atomic E-state index is 14.6. The van der Waals surface area contributed by atoms with E-state index in [1.54, 1.807) is 0 Å². The number of hydrazine groups is 1. The number of azide groups is 1. The molecule has 0 bridgehead atoms. The van der Waals surface area contributed by atoms with E-state index >= 15 is 0 Å². The quantitative estimate of drug-likeness (QED) is 0.0480. The fourth-order valence-electron chi connectivity index (χ4n) is 6.21. The van der Waals surface area contributed by atoms with Gasteiger partial charge in [0.2, 0.25) is 5.90 Å². The molecular weight excluding hydrogens is 604 g/mol. The van der Waals surface area contributed by atoms with Gasteiger partial charge in [0.05, 0.1) is 13.2 Å². The normalized spacial score (nSPS) is 18.5. The van der Waals surface area contributed by atoms with Crippen molar-refractivity contribution < 1.29 is 19.4 Å². The molecule has 244 valence electrons. The van der Waals surface area contributed by atoms with Crippen LogP contribution in [0.2, 0.25) is 0 Å². The molecule has 1 amide bonds. The monoisotopic (exact) mass is 642 g/mol. The first-order valence-corrected chi connectivity index (χ1v) is 16.1. The Hall–Kier alpha value is -5.41. The molecule has 48 heavy (non-hydrogen) atoms. The zero-order valence-corrected chi connectivity index (χ0v) is 26.5. The van der Waals surface area contributed by atoms with Crippen LogP contribution in [0.4, 0.5) is 0 Å². The van der Waals surface area contributed by atoms with E-state index in [1.807, 2.05) is 103 Å². The number of hydrogen-bond donors (Lipinski definition) is 3. The molecule has 2 aliphatic rings. The average Bonchev–Trinajstić information content (AvgIpc) is 3.73. The van der Waals surface area contributed by atoms with E-state index in [0.717, 1.165) is 24.0 Å². The third-order valence-corrected chi connectivity index (χ3v) is 8.65. The van der Waals surface area contributed by atoms with Crippen molar-refractivity contribution in [3.05, 3.63) is 153 Å². The Morgan fingerprint density at radius 3 is 2.44 bits per heavy atom. The zero-order chi connectivity index (χ0) is 33.2. The number of nitrogens with one attached hydrogen (secondary N) is 2. The third-order valence-electron chi connectivity index (χ3n) is 8.65. The molecule has 1 aliphatic carbocycles. The second-order valence-electron chi connectivity index (χ2n) is 11.9. The summed E-state index contributed by atoms with van der Waals surface area (Å²) in [6.07, 6.45) is 5.46. The fourth-order valence-corrected chi connectivity index (χ4v) is 6.21. The lowest BCUT2D eigenvalue weighted by molar-refractivity contribution is -0.130. The van der Waals surface area contributed by atoms with Crippen molar-refractivity contribution in [2.75, 3.05) is 13.2 Å². The molecule has 0 fully saturated rings. The van der Waals surface area contributed by atoms with E-state index < -0.39 is 11.6 Å². The highest BCUT2D eigenvalue weighted by Gasteiger charge is 2.53. The first-order valence-electron chi connectivity index (χ1n) is 16.1. The van der Waals surface area contributed by atoms with Crippen LogP contribution in [-0.4, -0.2) is 41.7 Å². The highest BCUT2D eigenvalue weighted by atomic mass is 16.5. The minimum atomic E-state index is -1.41. The minimum Gasteiger partial charge on any atom is -0.494 e. The number of nitrogens with zero attached hydrogens (tertiary/aromatic N) is 4. The summed E-state index contributed by atoms with van der Waals surface area (Å²) < 4.78 is 12.4. The van der Waals surface area contributed by atoms with Crippen LogP contribution in [0, 0.1) is 0 Å². The van der Waals surface area contributed by atoms with Gasteiger partial charge in [-0.3, -0.25) is 10.2 Å². The number of amides is 1. The van der Waals surface area contributed by atoms with Crippen molar-refractivity contribution in [3.8, 4) is 5.75 Å². The third kappa shape index (κ3) is 7.42. The fraction of sp³-hybridized carbons (Fsp3) is 0.263. The van der Waals surface area contributed by atoms with Gasteiger partial charge < -0.3 is 14.6 Å². The molecule has 0 radical (unpaired) electrons. The maximum Gasteiger partial charge on any atom is 0.266 e. The average molecular weight is 643 g/mol. The van der Waals surface area contributed by atoms with E-state index in [2.05, 4.69) is 33.0 Å². The molecule has 0 spiro atoms. The standard InChI is InChI=1S/C38H38N6O4/c39-44-40-26-31-15-6-7-16-34(31)35-38(21-8-12-27-10-2-1-3-11-27,37(46)43-42-32-24-29-13-4-5-14-30(29)25-32)41-36(48-35)28-17-19-33(20-18-28)47-23-9-22-45/h1-8,10-20,32,35,42,45H,9,21-26H2,(H,43,46)/b12-8+/t35-,38-/m0/s1. The maximum atomic E-state index is 14.6. The molecular formula is C38H38N6O4. The molecule has 4 aromatic rings. The van der Waals surface area contributed by atoms with Crippen LogP contribution >= 0.6 is 0 Å². The molecule has 3 N–H and O–H groups in total. The molecule has 0 unspecified atom stereocenters. The van der Waals surface area contributed by atoms with Gasteiger partial charge in [-0.2, -0.15) is 0 Å². The highest BCUT2D eigenvalue weighted by molar-refractivity contribution is 6.01. The van der Waals surface area contributed by atoms with Crippen LogP contribution in [0.5, 0.6) is 5.75 Å². The first kappa shape index (κ1) is 32.5. The van der Waals surface area contributed by atoms with Gasteiger partial charge in [0.1, 0.15) is 5.75 Å². The number of aliphatic hydroxyl groups is 1. The summed E-state index contributed by atoms with van der Waals surface area (Å²) in [6.45, 7) is 0.544. The lowest BCUT2D eigenvalue weighted by Crippen LogP contribution is -2.55. The van der Waals surface area contributed by atoms with Crippen molar-refractivity contribution in [2.24, 2.45) is 10.1 Å². The molecule has 10 heteroatoms. The van der Waals surface area contributed by atoms with Crippen molar-refractivity contribution in [3.63, 3.8) is 0 Å². The van der Waals surface area contributed by atoms with Crippen molar-refractivity contribution >= 4 is 17.9 Å². The number of aliphatic imine (C=N–C) groups is 1. The van der Waals surface area contributed by atoms with E-state index in [1.165, 1.54) is 11.1 Å². The number of ether oxygens (including phenoxy) is 2.